The second-order valence-corrected chi connectivity index (χ2v) is 15.2. The van der Waals surface area contributed by atoms with Crippen molar-refractivity contribution in [3.05, 3.63) is 94.8 Å². The molecule has 11 rings (SSSR count). The van der Waals surface area contributed by atoms with E-state index >= 15 is 0 Å². The van der Waals surface area contributed by atoms with E-state index in [1.54, 1.807) is 0 Å². The highest BCUT2D eigenvalue weighted by Crippen LogP contribution is 2.57. The van der Waals surface area contributed by atoms with Crippen molar-refractivity contribution in [2.75, 3.05) is 0 Å². The van der Waals surface area contributed by atoms with Gasteiger partial charge in [0, 0.05) is 54.3 Å². The van der Waals surface area contributed by atoms with E-state index in [0.29, 0.717) is 0 Å². The van der Waals surface area contributed by atoms with Crippen LogP contribution in [0.3, 0.4) is 0 Å². The van der Waals surface area contributed by atoms with Gasteiger partial charge in [-0.2, -0.15) is 5.26 Å². The van der Waals surface area contributed by atoms with Gasteiger partial charge in [0.2, 0.25) is 0 Å². The lowest BCUT2D eigenvalue weighted by atomic mass is 9.81. The lowest BCUT2D eigenvalue weighted by Gasteiger charge is -2.23. The van der Waals surface area contributed by atoms with Gasteiger partial charge < -0.3 is 8.80 Å². The zero-order valence-corrected chi connectivity index (χ0v) is 26.5. The van der Waals surface area contributed by atoms with Crippen molar-refractivity contribution in [3.8, 4) is 6.07 Å². The van der Waals surface area contributed by atoms with Crippen LogP contribution in [0.15, 0.2) is 66.9 Å². The highest BCUT2D eigenvalue weighted by Gasteiger charge is 2.46. The van der Waals surface area contributed by atoms with Gasteiger partial charge >= 0.3 is 0 Å². The Morgan fingerprint density at radius 3 is 2.35 bits per heavy atom. The van der Waals surface area contributed by atoms with Crippen LogP contribution in [-0.2, 0) is 17.3 Å². The number of allylic oxidation sites excluding steroid dienone is 1. The van der Waals surface area contributed by atoms with Crippen molar-refractivity contribution < 1.29 is 0 Å². The summed E-state index contributed by atoms with van der Waals surface area (Å²) >= 11 is 0. The maximum atomic E-state index is 10.7. The maximum Gasteiger partial charge on any atom is 0.0995 e. The topological polar surface area (TPSA) is 45.5 Å². The highest BCUT2D eigenvalue weighted by molar-refractivity contribution is 6.38. The molecule has 0 unspecified atom stereocenters. The lowest BCUT2D eigenvalue weighted by molar-refractivity contribution is 0.404. The Morgan fingerprint density at radius 1 is 0.717 bits per heavy atom. The number of hydrogen-bond acceptors (Lipinski definition) is 2. The minimum atomic E-state index is -0.0967. The van der Waals surface area contributed by atoms with E-state index in [1.165, 1.54) is 87.5 Å². The van der Waals surface area contributed by atoms with Gasteiger partial charge in [-0.05, 0) is 65.8 Å². The molecule has 0 fully saturated rings. The predicted molar refractivity (Wildman–Crippen MR) is 191 cm³/mol. The van der Waals surface area contributed by atoms with Crippen LogP contribution in [0.1, 0.15) is 74.9 Å². The number of aromatic nitrogens is 3. The van der Waals surface area contributed by atoms with Gasteiger partial charge in [-0.15, -0.1) is 0 Å². The summed E-state index contributed by atoms with van der Waals surface area (Å²) in [5, 5.41) is 21.1. The number of pyridine rings is 1. The normalized spacial score (nSPS) is 17.5. The van der Waals surface area contributed by atoms with Crippen molar-refractivity contribution in [2.24, 2.45) is 0 Å². The molecule has 0 bridgehead atoms. The average molecular weight is 593 g/mol. The molecule has 4 heteroatoms. The summed E-state index contributed by atoms with van der Waals surface area (Å²) in [7, 11) is 0. The van der Waals surface area contributed by atoms with E-state index in [0.717, 1.165) is 42.3 Å². The van der Waals surface area contributed by atoms with Crippen molar-refractivity contribution in [2.45, 2.75) is 64.2 Å². The second-order valence-electron chi connectivity index (χ2n) is 15.2. The van der Waals surface area contributed by atoms with Gasteiger partial charge in [-0.1, -0.05) is 76.2 Å². The summed E-state index contributed by atoms with van der Waals surface area (Å²) in [4.78, 5) is 5.11. The summed E-state index contributed by atoms with van der Waals surface area (Å²) in [6.45, 7) is 9.43. The molecule has 0 spiro atoms. The summed E-state index contributed by atoms with van der Waals surface area (Å²) in [5.74, 6) is 0. The molecule has 0 aliphatic heterocycles. The molecule has 0 atom stereocenters. The van der Waals surface area contributed by atoms with Gasteiger partial charge in [0.25, 0.3) is 0 Å². The Labute approximate surface area is 265 Å². The van der Waals surface area contributed by atoms with Gasteiger partial charge in [0.15, 0.2) is 0 Å². The Balaban J connectivity index is 1.53. The van der Waals surface area contributed by atoms with Crippen LogP contribution in [0.4, 0.5) is 0 Å². The van der Waals surface area contributed by atoms with Gasteiger partial charge in [0.05, 0.1) is 50.9 Å². The Kier molecular flexibility index (Phi) is 4.25. The van der Waals surface area contributed by atoms with Crippen molar-refractivity contribution in [1.29, 1.82) is 5.26 Å². The van der Waals surface area contributed by atoms with E-state index in [9.17, 15) is 5.26 Å². The quantitative estimate of drug-likeness (QED) is 0.176. The summed E-state index contributed by atoms with van der Waals surface area (Å²) in [6, 6.07) is 23.0. The fourth-order valence-electron chi connectivity index (χ4n) is 10.4. The molecule has 2 aliphatic rings. The van der Waals surface area contributed by atoms with Crippen LogP contribution in [0.5, 0.6) is 0 Å². The van der Waals surface area contributed by atoms with Crippen LogP contribution in [0.25, 0.3) is 82.3 Å². The highest BCUT2D eigenvalue weighted by atomic mass is 15.0. The number of nitriles is 1. The first-order valence-corrected chi connectivity index (χ1v) is 16.7. The number of nitrogens with zero attached hydrogens (tertiary/aromatic N) is 4. The largest absolute Gasteiger partial charge is 0.308 e. The molecular weight excluding hydrogens is 560 g/mol. The number of rotatable bonds is 0. The van der Waals surface area contributed by atoms with E-state index < -0.39 is 0 Å². The summed E-state index contributed by atoms with van der Waals surface area (Å²) in [5.41, 5.74) is 13.0. The van der Waals surface area contributed by atoms with Crippen LogP contribution in [0, 0.1) is 11.3 Å². The monoisotopic (exact) mass is 592 g/mol. The molecular formula is C42H32N4. The molecule has 0 saturated heterocycles. The summed E-state index contributed by atoms with van der Waals surface area (Å²) in [6.07, 6.45) is 11.0. The van der Waals surface area contributed by atoms with Crippen molar-refractivity contribution in [3.63, 3.8) is 0 Å². The van der Waals surface area contributed by atoms with E-state index in [4.69, 9.17) is 4.98 Å². The fourth-order valence-corrected chi connectivity index (χ4v) is 10.4. The van der Waals surface area contributed by atoms with E-state index in [-0.39, 0.29) is 10.8 Å². The molecule has 46 heavy (non-hydrogen) atoms. The van der Waals surface area contributed by atoms with E-state index in [1.807, 2.05) is 0 Å². The van der Waals surface area contributed by atoms with Crippen LogP contribution in [-0.4, -0.2) is 13.8 Å². The number of benzene rings is 4. The molecule has 5 heterocycles. The zero-order chi connectivity index (χ0) is 30.9. The van der Waals surface area contributed by atoms with Gasteiger partial charge in [-0.25, -0.2) is 0 Å². The number of hydrogen-bond donors (Lipinski definition) is 0. The van der Waals surface area contributed by atoms with E-state index in [2.05, 4.69) is 116 Å². The predicted octanol–water partition coefficient (Wildman–Crippen LogP) is 10.6. The second kappa shape index (κ2) is 7.80. The SMILES string of the molecule is CC1(C)CC(C)(C)c2c1c(C#N)cc1c2c2c3c4cccc5c6ccccc6n(c3cc3c6c7c(ncc6n1c32)CCCC=C7)c54. The first-order chi connectivity index (χ1) is 22.3. The minimum absolute atomic E-state index is 0.0879. The fraction of sp³-hybridized carbons (Fsp3) is 0.238. The van der Waals surface area contributed by atoms with Crippen LogP contribution in [0.2, 0.25) is 0 Å². The Hall–Kier alpha value is -5.14. The first kappa shape index (κ1) is 25.1. The molecule has 220 valence electrons. The number of fused-ring (bicyclic) bond motifs is 17. The first-order valence-electron chi connectivity index (χ1n) is 16.7. The van der Waals surface area contributed by atoms with Crippen LogP contribution >= 0.6 is 0 Å². The molecule has 0 saturated carbocycles. The van der Waals surface area contributed by atoms with Crippen molar-refractivity contribution >= 4 is 82.3 Å². The van der Waals surface area contributed by atoms with Gasteiger partial charge in [0.1, 0.15) is 0 Å². The lowest BCUT2D eigenvalue weighted by Crippen LogP contribution is -2.18. The molecule has 5 aromatic heterocycles. The minimum Gasteiger partial charge on any atom is -0.308 e. The molecule has 4 nitrogen and oxygen atoms in total. The summed E-state index contributed by atoms with van der Waals surface area (Å²) < 4.78 is 5.00. The third-order valence-corrected chi connectivity index (χ3v) is 11.6. The third-order valence-electron chi connectivity index (χ3n) is 11.6. The van der Waals surface area contributed by atoms with Gasteiger partial charge in [-0.3, -0.25) is 4.98 Å². The molecule has 0 radical (unpaired) electrons. The molecule has 2 aliphatic carbocycles. The number of para-hydroxylation sites is 2. The zero-order valence-electron chi connectivity index (χ0n) is 26.5. The standard InChI is InChI=1S/C42H32N4/c1-41(2)21-42(3,4)38-35-30(17-22(19-43)37(38)41)46-32-20-44-28-15-7-5-6-12-25(28)33(32)27-18-31-34(36(35)40(27)46)26-14-10-13-24-23-11-8-9-16-29(23)45(31)39(24)26/h6,8-14,16-18,20H,5,7,15,21H2,1-4H3. The molecule has 0 amide bonds. The Bertz CT molecular complexity index is 2920. The van der Waals surface area contributed by atoms with Crippen LogP contribution < -0.4 is 0 Å². The number of aryl methyl sites for hydroxylation is 1. The third kappa shape index (κ3) is 2.65. The average Bonchev–Trinajstić information content (AvgIpc) is 3.74. The maximum absolute atomic E-state index is 10.7. The molecule has 9 aromatic rings. The Morgan fingerprint density at radius 2 is 1.48 bits per heavy atom. The van der Waals surface area contributed by atoms with Crippen molar-refractivity contribution in [1.82, 2.24) is 13.8 Å². The smallest absolute Gasteiger partial charge is 0.0995 e. The molecule has 4 aromatic carbocycles. The molecule has 0 N–H and O–H groups in total.